The van der Waals surface area contributed by atoms with Gasteiger partial charge in [0.2, 0.25) is 0 Å². The lowest BCUT2D eigenvalue weighted by atomic mass is 10.1. The van der Waals surface area contributed by atoms with Crippen molar-refractivity contribution in [2.24, 2.45) is 0 Å². The molecule has 21 heavy (non-hydrogen) atoms. The van der Waals surface area contributed by atoms with Crippen molar-refractivity contribution in [3.63, 3.8) is 0 Å². The van der Waals surface area contributed by atoms with Crippen molar-refractivity contribution in [1.82, 2.24) is 9.88 Å². The van der Waals surface area contributed by atoms with Crippen molar-refractivity contribution in [1.29, 1.82) is 0 Å². The molecule has 0 aliphatic carbocycles. The van der Waals surface area contributed by atoms with Gasteiger partial charge in [-0.25, -0.2) is 0 Å². The lowest BCUT2D eigenvalue weighted by Crippen LogP contribution is -2.46. The molecule has 0 aliphatic heterocycles. The van der Waals surface area contributed by atoms with E-state index in [1.165, 1.54) is 25.3 Å². The second-order valence-corrected chi connectivity index (χ2v) is 5.80. The molecule has 7 heteroatoms. The number of aromatic nitrogens is 1. The Morgan fingerprint density at radius 3 is 2.57 bits per heavy atom. The molecule has 0 saturated heterocycles. The zero-order valence-corrected chi connectivity index (χ0v) is 12.7. The van der Waals surface area contributed by atoms with Gasteiger partial charge in [-0.2, -0.15) is 0 Å². The van der Waals surface area contributed by atoms with Gasteiger partial charge in [-0.05, 0) is 33.8 Å². The van der Waals surface area contributed by atoms with Gasteiger partial charge in [-0.15, -0.1) is 0 Å². The number of carbonyl (C=O) groups is 2. The molecular weight excluding hydrogens is 274 g/mol. The standard InChI is InChI=1S/C14H21N3O4/c1-9(13(20)16-14(2,3)4)21-12(19)8-17-7-10(15)5-6-11(17)18/h5-7,9H,8,15H2,1-4H3,(H,16,20). The van der Waals surface area contributed by atoms with Crippen molar-refractivity contribution < 1.29 is 14.3 Å². The first-order chi connectivity index (χ1) is 9.58. The van der Waals surface area contributed by atoms with Crippen molar-refractivity contribution in [2.75, 3.05) is 5.73 Å². The van der Waals surface area contributed by atoms with Crippen LogP contribution in [0.1, 0.15) is 27.7 Å². The largest absolute Gasteiger partial charge is 0.451 e. The summed E-state index contributed by atoms with van der Waals surface area (Å²) in [7, 11) is 0. The van der Waals surface area contributed by atoms with E-state index in [0.29, 0.717) is 5.69 Å². The molecule has 1 rings (SSSR count). The number of nitrogen functional groups attached to an aromatic ring is 1. The van der Waals surface area contributed by atoms with Crippen LogP contribution in [0, 0.1) is 0 Å². The van der Waals surface area contributed by atoms with Crippen molar-refractivity contribution >= 4 is 17.6 Å². The van der Waals surface area contributed by atoms with Crippen LogP contribution in [-0.2, 0) is 20.9 Å². The molecule has 116 valence electrons. The van der Waals surface area contributed by atoms with Crippen LogP contribution in [0.3, 0.4) is 0 Å². The Morgan fingerprint density at radius 2 is 2.00 bits per heavy atom. The summed E-state index contributed by atoms with van der Waals surface area (Å²) in [6, 6.07) is 2.71. The van der Waals surface area contributed by atoms with Crippen LogP contribution in [0.15, 0.2) is 23.1 Å². The summed E-state index contributed by atoms with van der Waals surface area (Å²) in [6.45, 7) is 6.65. The molecule has 1 atom stereocenters. The molecule has 0 saturated carbocycles. The smallest absolute Gasteiger partial charge is 0.326 e. The zero-order valence-electron chi connectivity index (χ0n) is 12.7. The molecule has 1 amide bonds. The lowest BCUT2D eigenvalue weighted by molar-refractivity contribution is -0.156. The quantitative estimate of drug-likeness (QED) is 0.776. The van der Waals surface area contributed by atoms with E-state index in [9.17, 15) is 14.4 Å². The van der Waals surface area contributed by atoms with Gasteiger partial charge in [0.25, 0.3) is 11.5 Å². The van der Waals surface area contributed by atoms with E-state index in [0.717, 1.165) is 4.57 Å². The van der Waals surface area contributed by atoms with E-state index in [2.05, 4.69) is 5.32 Å². The van der Waals surface area contributed by atoms with Crippen molar-refractivity contribution in [3.8, 4) is 0 Å². The van der Waals surface area contributed by atoms with Gasteiger partial charge in [0.15, 0.2) is 6.10 Å². The maximum Gasteiger partial charge on any atom is 0.326 e. The number of rotatable bonds is 4. The first-order valence-corrected chi connectivity index (χ1v) is 6.56. The second-order valence-electron chi connectivity index (χ2n) is 5.80. The van der Waals surface area contributed by atoms with Gasteiger partial charge in [0.1, 0.15) is 6.54 Å². The highest BCUT2D eigenvalue weighted by Crippen LogP contribution is 2.02. The molecule has 0 aromatic carbocycles. The molecule has 0 radical (unpaired) electrons. The molecule has 1 heterocycles. The third-order valence-electron chi connectivity index (χ3n) is 2.48. The number of amides is 1. The Balaban J connectivity index is 2.63. The van der Waals surface area contributed by atoms with Gasteiger partial charge in [0.05, 0.1) is 0 Å². The van der Waals surface area contributed by atoms with Crippen LogP contribution < -0.4 is 16.6 Å². The summed E-state index contributed by atoms with van der Waals surface area (Å²) >= 11 is 0. The second kappa shape index (κ2) is 6.43. The van der Waals surface area contributed by atoms with Crippen LogP contribution in [0.5, 0.6) is 0 Å². The number of hydrogen-bond donors (Lipinski definition) is 2. The summed E-state index contributed by atoms with van der Waals surface area (Å²) in [4.78, 5) is 35.1. The van der Waals surface area contributed by atoms with E-state index in [1.807, 2.05) is 20.8 Å². The van der Waals surface area contributed by atoms with Gasteiger partial charge >= 0.3 is 5.97 Å². The van der Waals surface area contributed by atoms with Gasteiger partial charge in [-0.3, -0.25) is 14.4 Å². The molecule has 0 fully saturated rings. The van der Waals surface area contributed by atoms with Crippen LogP contribution in [-0.4, -0.2) is 28.1 Å². The van der Waals surface area contributed by atoms with Crippen molar-refractivity contribution in [3.05, 3.63) is 28.7 Å². The fraction of sp³-hybridized carbons (Fsp3) is 0.500. The molecular formula is C14H21N3O4. The summed E-state index contributed by atoms with van der Waals surface area (Å²) < 4.78 is 6.14. The zero-order chi connectivity index (χ0) is 16.2. The number of pyridine rings is 1. The predicted molar refractivity (Wildman–Crippen MR) is 78.6 cm³/mol. The maximum atomic E-state index is 11.8. The van der Waals surface area contributed by atoms with Crippen LogP contribution >= 0.6 is 0 Å². The van der Waals surface area contributed by atoms with Crippen LogP contribution in [0.2, 0.25) is 0 Å². The Labute approximate surface area is 123 Å². The minimum atomic E-state index is -0.937. The normalized spacial score (nSPS) is 12.6. The number of esters is 1. The van der Waals surface area contributed by atoms with E-state index >= 15 is 0 Å². The monoisotopic (exact) mass is 295 g/mol. The highest BCUT2D eigenvalue weighted by molar-refractivity contribution is 5.83. The number of ether oxygens (including phenoxy) is 1. The minimum Gasteiger partial charge on any atom is -0.451 e. The third kappa shape index (κ3) is 5.68. The van der Waals surface area contributed by atoms with Gasteiger partial charge < -0.3 is 20.4 Å². The topological polar surface area (TPSA) is 103 Å². The average Bonchev–Trinajstić information content (AvgIpc) is 2.31. The summed E-state index contributed by atoms with van der Waals surface area (Å²) in [6.07, 6.45) is 0.414. The molecule has 0 bridgehead atoms. The summed E-state index contributed by atoms with van der Waals surface area (Å²) in [5.74, 6) is -1.07. The van der Waals surface area contributed by atoms with Gasteiger partial charge in [0, 0.05) is 23.5 Å². The van der Waals surface area contributed by atoms with Crippen LogP contribution in [0.25, 0.3) is 0 Å². The average molecular weight is 295 g/mol. The number of carbonyl (C=O) groups excluding carboxylic acids is 2. The van der Waals surface area contributed by atoms with E-state index in [1.54, 1.807) is 0 Å². The fourth-order valence-corrected chi connectivity index (χ4v) is 1.57. The van der Waals surface area contributed by atoms with E-state index in [-0.39, 0.29) is 12.1 Å². The molecule has 3 N–H and O–H groups in total. The summed E-state index contributed by atoms with van der Waals surface area (Å²) in [5, 5.41) is 2.70. The first-order valence-electron chi connectivity index (χ1n) is 6.56. The minimum absolute atomic E-state index is 0.295. The van der Waals surface area contributed by atoms with E-state index in [4.69, 9.17) is 10.5 Å². The highest BCUT2D eigenvalue weighted by atomic mass is 16.5. The number of nitrogens with zero attached hydrogens (tertiary/aromatic N) is 1. The van der Waals surface area contributed by atoms with E-state index < -0.39 is 23.5 Å². The highest BCUT2D eigenvalue weighted by Gasteiger charge is 2.22. The van der Waals surface area contributed by atoms with Gasteiger partial charge in [-0.1, -0.05) is 0 Å². The first kappa shape index (κ1) is 16.7. The fourth-order valence-electron chi connectivity index (χ4n) is 1.57. The third-order valence-corrected chi connectivity index (χ3v) is 2.48. The molecule has 0 aliphatic rings. The Morgan fingerprint density at radius 1 is 1.38 bits per heavy atom. The predicted octanol–water partition coefficient (Wildman–Crippen LogP) is 0.277. The Hall–Kier alpha value is -2.31. The van der Waals surface area contributed by atoms with Crippen molar-refractivity contribution in [2.45, 2.75) is 45.9 Å². The molecule has 0 spiro atoms. The molecule has 1 aromatic heterocycles. The molecule has 1 unspecified atom stereocenters. The Bertz CT molecular complexity index is 587. The number of nitrogens with two attached hydrogens (primary N) is 1. The number of anilines is 1. The molecule has 1 aromatic rings. The van der Waals surface area contributed by atoms with Crippen LogP contribution in [0.4, 0.5) is 5.69 Å². The SMILES string of the molecule is CC(OC(=O)Cn1cc(N)ccc1=O)C(=O)NC(C)(C)C. The number of hydrogen-bond acceptors (Lipinski definition) is 5. The number of nitrogens with one attached hydrogen (secondary N) is 1. The lowest BCUT2D eigenvalue weighted by Gasteiger charge is -2.23. The summed E-state index contributed by atoms with van der Waals surface area (Å²) in [5.41, 5.74) is 5.13. The molecule has 7 nitrogen and oxygen atoms in total. The maximum absolute atomic E-state index is 11.8. The Kier molecular flexibility index (Phi) is 5.12.